The molecule has 0 unspecified atom stereocenters. The summed E-state index contributed by atoms with van der Waals surface area (Å²) < 4.78 is 1.84. The number of anilines is 2. The molecule has 2 heterocycles. The van der Waals surface area contributed by atoms with Crippen LogP contribution in [-0.2, 0) is 6.54 Å². The van der Waals surface area contributed by atoms with E-state index >= 15 is 0 Å². The first-order chi connectivity index (χ1) is 5.79. The molecule has 0 radical (unpaired) electrons. The van der Waals surface area contributed by atoms with Crippen LogP contribution in [0.25, 0.3) is 0 Å². The predicted molar refractivity (Wildman–Crippen MR) is 49.4 cm³/mol. The number of nitrogens with zero attached hydrogens (tertiary/aromatic N) is 2. The van der Waals surface area contributed by atoms with Gasteiger partial charge in [0.1, 0.15) is 11.5 Å². The maximum atomic E-state index is 5.78. The zero-order chi connectivity index (χ0) is 8.55. The van der Waals surface area contributed by atoms with Crippen LogP contribution < -0.4 is 11.1 Å². The quantitative estimate of drug-likeness (QED) is 0.643. The Bertz CT molecular complexity index is 294. The first-order valence-electron chi connectivity index (χ1n) is 4.04. The Hall–Kier alpha value is -0.900. The normalized spacial score (nSPS) is 16.4. The molecule has 0 aliphatic carbocycles. The van der Waals surface area contributed by atoms with Crippen LogP contribution >= 0.6 is 11.6 Å². The lowest BCUT2D eigenvalue weighted by atomic mass is 10.3. The largest absolute Gasteiger partial charge is 0.393 e. The second-order valence-electron chi connectivity index (χ2n) is 2.91. The van der Waals surface area contributed by atoms with Crippen molar-refractivity contribution in [3.05, 3.63) is 5.15 Å². The molecule has 0 fully saturated rings. The molecule has 0 saturated carbocycles. The van der Waals surface area contributed by atoms with Gasteiger partial charge in [0.25, 0.3) is 0 Å². The zero-order valence-corrected chi connectivity index (χ0v) is 7.43. The summed E-state index contributed by atoms with van der Waals surface area (Å²) in [4.78, 5) is 0. The van der Waals surface area contributed by atoms with Gasteiger partial charge in [0, 0.05) is 13.1 Å². The van der Waals surface area contributed by atoms with Gasteiger partial charge in [-0.1, -0.05) is 11.6 Å². The topological polar surface area (TPSA) is 55.9 Å². The minimum absolute atomic E-state index is 0.402. The van der Waals surface area contributed by atoms with Gasteiger partial charge in [-0.25, -0.2) is 4.68 Å². The summed E-state index contributed by atoms with van der Waals surface area (Å²) in [6.07, 6.45) is 2.28. The number of hydrogen-bond acceptors (Lipinski definition) is 3. The smallest absolute Gasteiger partial charge is 0.176 e. The highest BCUT2D eigenvalue weighted by Crippen LogP contribution is 2.28. The number of fused-ring (bicyclic) bond motifs is 1. The third-order valence-electron chi connectivity index (χ3n) is 2.03. The summed E-state index contributed by atoms with van der Waals surface area (Å²) in [7, 11) is 0. The van der Waals surface area contributed by atoms with E-state index in [4.69, 9.17) is 17.3 Å². The van der Waals surface area contributed by atoms with E-state index in [9.17, 15) is 0 Å². The highest BCUT2D eigenvalue weighted by molar-refractivity contribution is 6.32. The average molecular weight is 187 g/mol. The molecular formula is C7H11ClN4. The van der Waals surface area contributed by atoms with E-state index in [1.807, 2.05) is 4.68 Å². The Morgan fingerprint density at radius 2 is 2.33 bits per heavy atom. The van der Waals surface area contributed by atoms with Gasteiger partial charge in [-0.2, -0.15) is 5.10 Å². The molecular weight excluding hydrogens is 176 g/mol. The molecule has 1 aromatic rings. The molecule has 3 N–H and O–H groups in total. The lowest BCUT2D eigenvalue weighted by molar-refractivity contribution is 0.594. The van der Waals surface area contributed by atoms with Crippen molar-refractivity contribution in [2.75, 3.05) is 17.6 Å². The molecule has 0 spiro atoms. The monoisotopic (exact) mass is 186 g/mol. The molecule has 0 aromatic carbocycles. The molecule has 0 amide bonds. The highest BCUT2D eigenvalue weighted by atomic mass is 35.5. The molecule has 2 rings (SSSR count). The summed E-state index contributed by atoms with van der Waals surface area (Å²) >= 11 is 5.78. The number of aryl methyl sites for hydroxylation is 1. The minimum Gasteiger partial charge on any atom is -0.393 e. The number of nitrogens with one attached hydrogen (secondary N) is 1. The third-order valence-corrected chi connectivity index (χ3v) is 2.31. The van der Waals surface area contributed by atoms with Crippen LogP contribution in [0.2, 0.25) is 5.15 Å². The van der Waals surface area contributed by atoms with Gasteiger partial charge in [0.15, 0.2) is 5.15 Å². The maximum Gasteiger partial charge on any atom is 0.176 e. The van der Waals surface area contributed by atoms with E-state index in [0.717, 1.165) is 31.7 Å². The zero-order valence-electron chi connectivity index (χ0n) is 6.68. The maximum absolute atomic E-state index is 5.78. The molecule has 0 atom stereocenters. The van der Waals surface area contributed by atoms with Gasteiger partial charge >= 0.3 is 0 Å². The van der Waals surface area contributed by atoms with Crippen LogP contribution in [0.3, 0.4) is 0 Å². The molecule has 66 valence electrons. The number of aromatic nitrogens is 2. The van der Waals surface area contributed by atoms with E-state index < -0.39 is 0 Å². The summed E-state index contributed by atoms with van der Waals surface area (Å²) in [6.45, 7) is 1.85. The molecule has 5 heteroatoms. The van der Waals surface area contributed by atoms with Crippen LogP contribution in [0.15, 0.2) is 0 Å². The average Bonchev–Trinajstić information content (AvgIpc) is 2.30. The second kappa shape index (κ2) is 2.86. The van der Waals surface area contributed by atoms with Crippen LogP contribution in [0.1, 0.15) is 12.8 Å². The fourth-order valence-electron chi connectivity index (χ4n) is 1.39. The summed E-state index contributed by atoms with van der Waals surface area (Å²) in [5.41, 5.74) is 6.28. The number of nitrogen functional groups attached to an aromatic ring is 1. The van der Waals surface area contributed by atoms with Gasteiger partial charge in [-0.15, -0.1) is 0 Å². The standard InChI is InChI=1S/C7H11ClN4/c8-6-5(9)7-10-3-1-2-4-12(7)11-6/h10H,1-4,9H2. The van der Waals surface area contributed by atoms with E-state index in [1.165, 1.54) is 0 Å². The third kappa shape index (κ3) is 1.12. The van der Waals surface area contributed by atoms with Crippen LogP contribution in [0.4, 0.5) is 11.5 Å². The lowest BCUT2D eigenvalue weighted by Crippen LogP contribution is -2.04. The minimum atomic E-state index is 0.402. The number of hydrogen-bond donors (Lipinski definition) is 2. The summed E-state index contributed by atoms with van der Waals surface area (Å²) in [5, 5.41) is 7.71. The van der Waals surface area contributed by atoms with E-state index in [1.54, 1.807) is 0 Å². The van der Waals surface area contributed by atoms with Crippen molar-refractivity contribution < 1.29 is 0 Å². The molecule has 4 nitrogen and oxygen atoms in total. The van der Waals surface area contributed by atoms with Crippen molar-refractivity contribution in [2.24, 2.45) is 0 Å². The van der Waals surface area contributed by atoms with Crippen LogP contribution in [0.5, 0.6) is 0 Å². The molecule has 1 aromatic heterocycles. The Morgan fingerprint density at radius 3 is 3.17 bits per heavy atom. The summed E-state index contributed by atoms with van der Waals surface area (Å²) in [6, 6.07) is 0. The fourth-order valence-corrected chi connectivity index (χ4v) is 1.57. The van der Waals surface area contributed by atoms with Gasteiger partial charge in [0.05, 0.1) is 0 Å². The van der Waals surface area contributed by atoms with Gasteiger partial charge in [-0.05, 0) is 12.8 Å². The van der Waals surface area contributed by atoms with Gasteiger partial charge < -0.3 is 11.1 Å². The van der Waals surface area contributed by atoms with E-state index in [-0.39, 0.29) is 0 Å². The molecule has 12 heavy (non-hydrogen) atoms. The van der Waals surface area contributed by atoms with E-state index in [0.29, 0.717) is 10.8 Å². The Morgan fingerprint density at radius 1 is 1.50 bits per heavy atom. The number of nitrogens with two attached hydrogens (primary N) is 1. The summed E-state index contributed by atoms with van der Waals surface area (Å²) in [5.74, 6) is 0.873. The van der Waals surface area contributed by atoms with Crippen molar-refractivity contribution >= 4 is 23.1 Å². The van der Waals surface area contributed by atoms with Crippen LogP contribution in [-0.4, -0.2) is 16.3 Å². The first-order valence-corrected chi connectivity index (χ1v) is 4.42. The highest BCUT2D eigenvalue weighted by Gasteiger charge is 2.14. The van der Waals surface area contributed by atoms with Crippen molar-refractivity contribution in [2.45, 2.75) is 19.4 Å². The van der Waals surface area contributed by atoms with Crippen molar-refractivity contribution in [1.82, 2.24) is 9.78 Å². The molecule has 1 aliphatic heterocycles. The fraction of sp³-hybridized carbons (Fsp3) is 0.571. The van der Waals surface area contributed by atoms with Crippen molar-refractivity contribution in [3.8, 4) is 0 Å². The molecule has 0 bridgehead atoms. The van der Waals surface area contributed by atoms with Gasteiger partial charge in [0.2, 0.25) is 0 Å². The second-order valence-corrected chi connectivity index (χ2v) is 3.27. The Kier molecular flexibility index (Phi) is 1.84. The lowest BCUT2D eigenvalue weighted by Gasteiger charge is -2.02. The molecule has 1 aliphatic rings. The Balaban J connectivity index is 2.42. The number of rotatable bonds is 0. The van der Waals surface area contributed by atoms with E-state index in [2.05, 4.69) is 10.4 Å². The van der Waals surface area contributed by atoms with Crippen molar-refractivity contribution in [1.29, 1.82) is 0 Å². The number of halogens is 1. The van der Waals surface area contributed by atoms with Crippen molar-refractivity contribution in [3.63, 3.8) is 0 Å². The van der Waals surface area contributed by atoms with Crippen LogP contribution in [0, 0.1) is 0 Å². The predicted octanol–water partition coefficient (Wildman–Crippen LogP) is 1.32. The first kappa shape index (κ1) is 7.73. The molecule has 0 saturated heterocycles. The SMILES string of the molecule is Nc1c(Cl)nn2c1NCCCC2. The Labute approximate surface area is 75.7 Å². The van der Waals surface area contributed by atoms with Gasteiger partial charge in [-0.3, -0.25) is 0 Å².